The van der Waals surface area contributed by atoms with Gasteiger partial charge in [-0.1, -0.05) is 82.1 Å². The number of carbonyl (C=O) groups is 1. The zero-order valence-electron chi connectivity index (χ0n) is 25.1. The van der Waals surface area contributed by atoms with Gasteiger partial charge in [-0.25, -0.2) is 0 Å². The smallest absolute Gasteiger partial charge is 0.345 e. The molecule has 0 spiro atoms. The maximum absolute atomic E-state index is 14.1. The van der Waals surface area contributed by atoms with Crippen molar-refractivity contribution in [3.8, 4) is 0 Å². The molecule has 0 bridgehead atoms. The zero-order chi connectivity index (χ0) is 30.0. The highest BCUT2D eigenvalue weighted by atomic mass is 35.5. The van der Waals surface area contributed by atoms with Gasteiger partial charge in [-0.3, -0.25) is 9.36 Å². The number of hydrogen-bond acceptors (Lipinski definition) is 5. The number of thiocarbonyl (C=S) groups is 1. The molecule has 0 radical (unpaired) electrons. The van der Waals surface area contributed by atoms with E-state index in [2.05, 4.69) is 56.5 Å². The summed E-state index contributed by atoms with van der Waals surface area (Å²) in [4.78, 5) is 14.1. The molecule has 1 unspecified atom stereocenters. The van der Waals surface area contributed by atoms with E-state index in [1.54, 1.807) is 38.1 Å². The molecule has 4 atom stereocenters. The molecule has 0 heterocycles. The number of aryl methyl sites for hydroxylation is 1. The third kappa shape index (κ3) is 6.31. The lowest BCUT2D eigenvalue weighted by Gasteiger charge is -2.54. The van der Waals surface area contributed by atoms with Crippen LogP contribution in [0.3, 0.4) is 0 Å². The Morgan fingerprint density at radius 2 is 1.80 bits per heavy atom. The SMILES string of the molecule is CCOP(=O)(OCC)C(NC(=S)NC(=O)[C@]1(C)CCC[C@]2(C)c3ccc(C(C)C)cc3CC[C@@H]12)c1ccccc1Cl. The van der Waals surface area contributed by atoms with Crippen molar-refractivity contribution < 1.29 is 18.4 Å². The van der Waals surface area contributed by atoms with Crippen LogP contribution in [0.2, 0.25) is 5.02 Å². The van der Waals surface area contributed by atoms with E-state index in [-0.39, 0.29) is 35.6 Å². The summed E-state index contributed by atoms with van der Waals surface area (Å²) in [5.74, 6) is -0.447. The maximum atomic E-state index is 14.1. The molecule has 2 aliphatic rings. The van der Waals surface area contributed by atoms with E-state index in [1.807, 2.05) is 0 Å². The van der Waals surface area contributed by atoms with Crippen molar-refractivity contribution in [2.75, 3.05) is 13.2 Å². The fourth-order valence-corrected chi connectivity index (χ4v) is 9.68. The van der Waals surface area contributed by atoms with Gasteiger partial charge in [0.2, 0.25) is 5.91 Å². The van der Waals surface area contributed by atoms with Crippen LogP contribution >= 0.6 is 31.4 Å². The normalized spacial score (nSPS) is 24.7. The number of amides is 1. The first-order valence-electron chi connectivity index (χ1n) is 14.8. The first kappa shape index (κ1) is 32.2. The predicted molar refractivity (Wildman–Crippen MR) is 171 cm³/mol. The molecule has 0 saturated heterocycles. The molecule has 0 aliphatic heterocycles. The molecule has 2 aromatic carbocycles. The summed E-state index contributed by atoms with van der Waals surface area (Å²) in [5.41, 5.74) is 3.98. The van der Waals surface area contributed by atoms with Crippen molar-refractivity contribution in [1.29, 1.82) is 0 Å². The van der Waals surface area contributed by atoms with Crippen molar-refractivity contribution in [1.82, 2.24) is 10.6 Å². The van der Waals surface area contributed by atoms with Crippen LogP contribution < -0.4 is 10.6 Å². The lowest BCUT2D eigenvalue weighted by Crippen LogP contribution is -2.57. The van der Waals surface area contributed by atoms with Crippen LogP contribution in [-0.4, -0.2) is 24.2 Å². The van der Waals surface area contributed by atoms with E-state index in [0.29, 0.717) is 16.5 Å². The molecule has 4 rings (SSSR count). The molecule has 1 amide bonds. The van der Waals surface area contributed by atoms with Gasteiger partial charge in [0.05, 0.1) is 18.6 Å². The van der Waals surface area contributed by atoms with Crippen LogP contribution in [0.5, 0.6) is 0 Å². The van der Waals surface area contributed by atoms with Crippen molar-refractivity contribution in [2.45, 2.75) is 90.8 Å². The van der Waals surface area contributed by atoms with E-state index in [9.17, 15) is 9.36 Å². The average Bonchev–Trinajstić information content (AvgIpc) is 2.92. The summed E-state index contributed by atoms with van der Waals surface area (Å²) >= 11 is 12.2. The van der Waals surface area contributed by atoms with Crippen molar-refractivity contribution in [2.24, 2.45) is 11.3 Å². The number of rotatable bonds is 9. The molecule has 1 saturated carbocycles. The lowest BCUT2D eigenvalue weighted by atomic mass is 9.49. The first-order valence-corrected chi connectivity index (χ1v) is 17.2. The second-order valence-corrected chi connectivity index (χ2v) is 15.0. The molecule has 224 valence electrons. The predicted octanol–water partition coefficient (Wildman–Crippen LogP) is 8.43. The maximum Gasteiger partial charge on any atom is 0.357 e. The van der Waals surface area contributed by atoms with Gasteiger partial charge in [0, 0.05) is 10.6 Å². The highest BCUT2D eigenvalue weighted by molar-refractivity contribution is 7.80. The summed E-state index contributed by atoms with van der Waals surface area (Å²) in [5, 5.41) is 6.53. The van der Waals surface area contributed by atoms with Crippen molar-refractivity contribution in [3.05, 3.63) is 69.7 Å². The number of halogens is 1. The number of hydrogen-bond donors (Lipinski definition) is 2. The number of fused-ring (bicyclic) bond motifs is 3. The second-order valence-electron chi connectivity index (χ2n) is 12.1. The molecule has 9 heteroatoms. The fraction of sp³-hybridized carbons (Fsp3) is 0.562. The van der Waals surface area contributed by atoms with Crippen LogP contribution in [0.25, 0.3) is 0 Å². The van der Waals surface area contributed by atoms with Crippen LogP contribution in [-0.2, 0) is 30.2 Å². The van der Waals surface area contributed by atoms with Crippen LogP contribution in [0.1, 0.15) is 101 Å². The molecular formula is C32H44ClN2O4PS. The Balaban J connectivity index is 1.59. The highest BCUT2D eigenvalue weighted by Crippen LogP contribution is 2.61. The standard InChI is InChI=1S/C32H44ClN2O4PS/c1-7-38-40(37,39-8-2)28(24-12-9-10-13-26(24)33)34-30(41)35-29(36)32(6)19-11-18-31(5)25-16-14-22(21(3)4)20-23(25)15-17-27(31)32/h9-10,12-14,16,20-21,27-28H,7-8,11,15,17-19H2,1-6H3,(H2,34,35,36,41)/t27-,28?,31-,32-/m1/s1. The van der Waals surface area contributed by atoms with Gasteiger partial charge < -0.3 is 19.7 Å². The molecule has 2 aromatic rings. The van der Waals surface area contributed by atoms with Gasteiger partial charge >= 0.3 is 7.60 Å². The Kier molecular flexibility index (Phi) is 10.1. The second kappa shape index (κ2) is 12.9. The minimum atomic E-state index is -3.74. The molecule has 2 aliphatic carbocycles. The van der Waals surface area contributed by atoms with E-state index in [0.717, 1.165) is 32.1 Å². The zero-order valence-corrected chi connectivity index (χ0v) is 27.6. The molecule has 1 fully saturated rings. The van der Waals surface area contributed by atoms with E-state index < -0.39 is 18.8 Å². The Bertz CT molecular complexity index is 1330. The number of carbonyl (C=O) groups excluding carboxylic acids is 1. The molecule has 0 aromatic heterocycles. The number of benzene rings is 2. The first-order chi connectivity index (χ1) is 19.4. The summed E-state index contributed by atoms with van der Waals surface area (Å²) in [6.07, 6.45) is 4.70. The quantitative estimate of drug-likeness (QED) is 0.217. The minimum Gasteiger partial charge on any atom is -0.345 e. The van der Waals surface area contributed by atoms with Gasteiger partial charge in [0.15, 0.2) is 10.9 Å². The van der Waals surface area contributed by atoms with E-state index in [4.69, 9.17) is 32.9 Å². The van der Waals surface area contributed by atoms with Gasteiger partial charge in [-0.15, -0.1) is 0 Å². The molecule has 6 nitrogen and oxygen atoms in total. The Morgan fingerprint density at radius 3 is 2.44 bits per heavy atom. The Labute approximate surface area is 255 Å². The summed E-state index contributed by atoms with van der Waals surface area (Å²) in [6.45, 7) is 12.7. The summed E-state index contributed by atoms with van der Waals surface area (Å²) in [6, 6.07) is 14.0. The van der Waals surface area contributed by atoms with Crippen LogP contribution in [0, 0.1) is 11.3 Å². The molecular weight excluding hydrogens is 575 g/mol. The average molecular weight is 619 g/mol. The molecule has 2 N–H and O–H groups in total. The number of nitrogens with one attached hydrogen (secondary N) is 2. The van der Waals surface area contributed by atoms with Gasteiger partial charge in [0.1, 0.15) is 0 Å². The third-order valence-corrected chi connectivity index (χ3v) is 12.0. The van der Waals surface area contributed by atoms with Crippen LogP contribution in [0.15, 0.2) is 42.5 Å². The Hall–Kier alpha value is -1.76. The Morgan fingerprint density at radius 1 is 1.12 bits per heavy atom. The molecule has 41 heavy (non-hydrogen) atoms. The van der Waals surface area contributed by atoms with Crippen molar-refractivity contribution in [3.63, 3.8) is 0 Å². The van der Waals surface area contributed by atoms with Crippen LogP contribution in [0.4, 0.5) is 0 Å². The lowest BCUT2D eigenvalue weighted by molar-refractivity contribution is -0.137. The summed E-state index contributed by atoms with van der Waals surface area (Å²) in [7, 11) is -3.74. The van der Waals surface area contributed by atoms with Crippen molar-refractivity contribution >= 4 is 42.4 Å². The minimum absolute atomic E-state index is 0.0748. The van der Waals surface area contributed by atoms with Gasteiger partial charge in [-0.2, -0.15) is 0 Å². The largest absolute Gasteiger partial charge is 0.357 e. The third-order valence-electron chi connectivity index (χ3n) is 9.19. The fourth-order valence-electron chi connectivity index (χ4n) is 7.12. The van der Waals surface area contributed by atoms with Gasteiger partial charge in [0.25, 0.3) is 0 Å². The topological polar surface area (TPSA) is 76.7 Å². The highest BCUT2D eigenvalue weighted by Gasteiger charge is 2.55. The van der Waals surface area contributed by atoms with E-state index >= 15 is 0 Å². The monoisotopic (exact) mass is 618 g/mol. The van der Waals surface area contributed by atoms with E-state index in [1.165, 1.54) is 16.7 Å². The van der Waals surface area contributed by atoms with Gasteiger partial charge in [-0.05, 0) is 91.8 Å². The summed E-state index contributed by atoms with van der Waals surface area (Å²) < 4.78 is 25.3.